The van der Waals surface area contributed by atoms with E-state index in [0.29, 0.717) is 12.1 Å². The molecule has 0 unspecified atom stereocenters. The number of methoxy groups -OCH3 is 1. The fourth-order valence-electron chi connectivity index (χ4n) is 1.87. The largest absolute Gasteiger partial charge is 0.494 e. The van der Waals surface area contributed by atoms with E-state index in [4.69, 9.17) is 15.7 Å². The Balaban J connectivity index is 2.09. The zero-order chi connectivity index (χ0) is 15.2. The zero-order valence-corrected chi connectivity index (χ0v) is 11.5. The number of hydrogen-bond acceptors (Lipinski definition) is 4. The zero-order valence-electron chi connectivity index (χ0n) is 11.5. The van der Waals surface area contributed by atoms with Crippen molar-refractivity contribution in [1.29, 1.82) is 0 Å². The molecule has 0 amide bonds. The highest BCUT2D eigenvalue weighted by atomic mass is 19.1. The van der Waals surface area contributed by atoms with Crippen molar-refractivity contribution in [2.75, 3.05) is 12.4 Å². The van der Waals surface area contributed by atoms with Crippen LogP contribution in [0.3, 0.4) is 0 Å². The molecule has 0 radical (unpaired) electrons. The van der Waals surface area contributed by atoms with Gasteiger partial charge in [-0.25, -0.2) is 4.39 Å². The molecule has 0 heterocycles. The van der Waals surface area contributed by atoms with Crippen molar-refractivity contribution in [3.8, 4) is 5.75 Å². The Kier molecular flexibility index (Phi) is 4.61. The molecule has 0 spiro atoms. The minimum Gasteiger partial charge on any atom is -0.494 e. The summed E-state index contributed by atoms with van der Waals surface area (Å²) in [5.74, 6) is -0.164. The molecule has 2 rings (SSSR count). The molecular weight excluding hydrogens is 273 g/mol. The molecule has 2 aromatic carbocycles. The predicted octanol–water partition coefficient (Wildman–Crippen LogP) is 2.54. The van der Waals surface area contributed by atoms with E-state index in [1.165, 1.54) is 13.2 Å². The van der Waals surface area contributed by atoms with Crippen molar-refractivity contribution in [2.45, 2.75) is 6.54 Å². The van der Waals surface area contributed by atoms with Crippen molar-refractivity contribution < 1.29 is 14.3 Å². The highest BCUT2D eigenvalue weighted by molar-refractivity contribution is 5.97. The van der Waals surface area contributed by atoms with Gasteiger partial charge in [0, 0.05) is 23.9 Å². The van der Waals surface area contributed by atoms with Crippen LogP contribution in [0, 0.1) is 5.82 Å². The first-order valence-corrected chi connectivity index (χ1v) is 6.28. The van der Waals surface area contributed by atoms with Crippen LogP contribution in [-0.4, -0.2) is 18.2 Å². The van der Waals surface area contributed by atoms with Gasteiger partial charge in [-0.2, -0.15) is 0 Å². The van der Waals surface area contributed by atoms with Gasteiger partial charge in [0.05, 0.1) is 7.11 Å². The normalized spacial score (nSPS) is 11.2. The second-order valence-corrected chi connectivity index (χ2v) is 4.39. The van der Waals surface area contributed by atoms with Gasteiger partial charge < -0.3 is 21.0 Å². The van der Waals surface area contributed by atoms with Crippen LogP contribution in [0.15, 0.2) is 47.6 Å². The van der Waals surface area contributed by atoms with Crippen LogP contribution >= 0.6 is 0 Å². The first-order chi connectivity index (χ1) is 10.1. The molecule has 0 bridgehead atoms. The number of amidine groups is 1. The van der Waals surface area contributed by atoms with Crippen molar-refractivity contribution in [2.24, 2.45) is 10.9 Å². The minimum atomic E-state index is -0.406. The van der Waals surface area contributed by atoms with Gasteiger partial charge in [0.25, 0.3) is 0 Å². The lowest BCUT2D eigenvalue weighted by Crippen LogP contribution is -2.13. The first-order valence-electron chi connectivity index (χ1n) is 6.28. The molecule has 0 saturated carbocycles. The van der Waals surface area contributed by atoms with Crippen LogP contribution in [0.4, 0.5) is 10.1 Å². The Morgan fingerprint density at radius 2 is 2.14 bits per heavy atom. The SMILES string of the molecule is COc1cc(NCc2cccc(/C(N)=N/O)c2)ccc1F. The highest BCUT2D eigenvalue weighted by Crippen LogP contribution is 2.21. The minimum absolute atomic E-state index is 0.0558. The van der Waals surface area contributed by atoms with E-state index >= 15 is 0 Å². The van der Waals surface area contributed by atoms with E-state index in [0.717, 1.165) is 11.3 Å². The summed E-state index contributed by atoms with van der Waals surface area (Å²) in [6.07, 6.45) is 0. The molecule has 110 valence electrons. The van der Waals surface area contributed by atoms with Gasteiger partial charge in [-0.3, -0.25) is 0 Å². The number of benzene rings is 2. The van der Waals surface area contributed by atoms with Gasteiger partial charge >= 0.3 is 0 Å². The molecular formula is C15H16FN3O2. The number of ether oxygens (including phenoxy) is 1. The first kappa shape index (κ1) is 14.6. The summed E-state index contributed by atoms with van der Waals surface area (Å²) in [5.41, 5.74) is 7.86. The monoisotopic (exact) mass is 289 g/mol. The maximum Gasteiger partial charge on any atom is 0.170 e. The van der Waals surface area contributed by atoms with E-state index in [2.05, 4.69) is 10.5 Å². The maximum atomic E-state index is 13.3. The third-order valence-corrected chi connectivity index (χ3v) is 2.98. The Morgan fingerprint density at radius 3 is 2.86 bits per heavy atom. The van der Waals surface area contributed by atoms with Gasteiger partial charge in [-0.05, 0) is 23.8 Å². The number of hydrogen-bond donors (Lipinski definition) is 3. The van der Waals surface area contributed by atoms with Gasteiger partial charge in [0.15, 0.2) is 17.4 Å². The van der Waals surface area contributed by atoms with Crippen LogP contribution in [0.1, 0.15) is 11.1 Å². The standard InChI is InChI=1S/C15H16FN3O2/c1-21-14-8-12(5-6-13(14)16)18-9-10-3-2-4-11(7-10)15(17)19-20/h2-8,18,20H,9H2,1H3,(H2,17,19). The van der Waals surface area contributed by atoms with Gasteiger partial charge in [-0.1, -0.05) is 23.4 Å². The lowest BCUT2D eigenvalue weighted by molar-refractivity contribution is 0.318. The number of anilines is 1. The summed E-state index contributed by atoms with van der Waals surface area (Å²) in [7, 11) is 1.42. The van der Waals surface area contributed by atoms with Crippen LogP contribution < -0.4 is 15.8 Å². The smallest absolute Gasteiger partial charge is 0.170 e. The summed E-state index contributed by atoms with van der Waals surface area (Å²) in [4.78, 5) is 0. The van der Waals surface area contributed by atoms with Crippen molar-refractivity contribution in [1.82, 2.24) is 0 Å². The second kappa shape index (κ2) is 6.60. The number of nitrogens with one attached hydrogen (secondary N) is 1. The topological polar surface area (TPSA) is 79.9 Å². The summed E-state index contributed by atoms with van der Waals surface area (Å²) in [6, 6.07) is 11.8. The third-order valence-electron chi connectivity index (χ3n) is 2.98. The predicted molar refractivity (Wildman–Crippen MR) is 79.2 cm³/mol. The summed E-state index contributed by atoms with van der Waals surface area (Å²) >= 11 is 0. The van der Waals surface area contributed by atoms with Crippen LogP contribution in [0.2, 0.25) is 0 Å². The van der Waals surface area contributed by atoms with Gasteiger partial charge in [0.1, 0.15) is 0 Å². The van der Waals surface area contributed by atoms with Gasteiger partial charge in [-0.15, -0.1) is 0 Å². The van der Waals surface area contributed by atoms with E-state index in [9.17, 15) is 4.39 Å². The van der Waals surface area contributed by atoms with Crippen LogP contribution in [-0.2, 0) is 6.54 Å². The second-order valence-electron chi connectivity index (χ2n) is 4.39. The quantitative estimate of drug-likeness (QED) is 0.342. The van der Waals surface area contributed by atoms with E-state index in [-0.39, 0.29) is 11.6 Å². The van der Waals surface area contributed by atoms with Crippen molar-refractivity contribution >= 4 is 11.5 Å². The van der Waals surface area contributed by atoms with E-state index in [1.807, 2.05) is 18.2 Å². The molecule has 2 aromatic rings. The molecule has 6 heteroatoms. The fraction of sp³-hybridized carbons (Fsp3) is 0.133. The van der Waals surface area contributed by atoms with E-state index < -0.39 is 5.82 Å². The summed E-state index contributed by atoms with van der Waals surface area (Å²) in [6.45, 7) is 0.515. The summed E-state index contributed by atoms with van der Waals surface area (Å²) < 4.78 is 18.2. The Morgan fingerprint density at radius 1 is 1.33 bits per heavy atom. The molecule has 0 atom stereocenters. The molecule has 0 saturated heterocycles. The lowest BCUT2D eigenvalue weighted by Gasteiger charge is -2.09. The maximum absolute atomic E-state index is 13.3. The average molecular weight is 289 g/mol. The average Bonchev–Trinajstić information content (AvgIpc) is 2.53. The third kappa shape index (κ3) is 3.62. The van der Waals surface area contributed by atoms with E-state index in [1.54, 1.807) is 18.2 Å². The number of oxime groups is 1. The van der Waals surface area contributed by atoms with Gasteiger partial charge in [0.2, 0.25) is 0 Å². The number of rotatable bonds is 5. The highest BCUT2D eigenvalue weighted by Gasteiger charge is 2.04. The molecule has 0 fully saturated rings. The van der Waals surface area contributed by atoms with Crippen LogP contribution in [0.25, 0.3) is 0 Å². The van der Waals surface area contributed by atoms with Crippen molar-refractivity contribution in [3.63, 3.8) is 0 Å². The molecule has 0 aromatic heterocycles. The molecule has 0 aliphatic carbocycles. The molecule has 21 heavy (non-hydrogen) atoms. The molecule has 4 N–H and O–H groups in total. The Labute approximate surface area is 121 Å². The van der Waals surface area contributed by atoms with Crippen molar-refractivity contribution in [3.05, 3.63) is 59.4 Å². The lowest BCUT2D eigenvalue weighted by atomic mass is 10.1. The molecule has 5 nitrogen and oxygen atoms in total. The molecule has 0 aliphatic heterocycles. The van der Waals surface area contributed by atoms with Crippen LogP contribution in [0.5, 0.6) is 5.75 Å². The molecule has 0 aliphatic rings. The number of halogens is 1. The number of nitrogens with two attached hydrogens (primary N) is 1. The fourth-order valence-corrected chi connectivity index (χ4v) is 1.87. The number of nitrogens with zero attached hydrogens (tertiary/aromatic N) is 1. The Bertz CT molecular complexity index is 659. The Hall–Kier alpha value is -2.76. The summed E-state index contributed by atoms with van der Waals surface area (Å²) in [5, 5.41) is 14.8.